The summed E-state index contributed by atoms with van der Waals surface area (Å²) in [4.78, 5) is 4.21. The first kappa shape index (κ1) is 11.7. The van der Waals surface area contributed by atoms with Gasteiger partial charge in [0, 0.05) is 18.4 Å². The van der Waals surface area contributed by atoms with E-state index in [1.165, 1.54) is 0 Å². The summed E-state index contributed by atoms with van der Waals surface area (Å²) in [7, 11) is 0. The smallest absolute Gasteiger partial charge is 0.251 e. The molecule has 4 rings (SSSR count). The van der Waals surface area contributed by atoms with Crippen molar-refractivity contribution in [2.45, 2.75) is 38.0 Å². The maximum atomic E-state index is 6.02. The van der Waals surface area contributed by atoms with Gasteiger partial charge in [0.15, 0.2) is 11.5 Å². The average molecular weight is 273 g/mol. The van der Waals surface area contributed by atoms with Crippen molar-refractivity contribution in [3.8, 4) is 22.9 Å². The molecule has 0 atom stereocenters. The molecule has 20 heavy (non-hydrogen) atoms. The van der Waals surface area contributed by atoms with Crippen LogP contribution in [0, 0.1) is 0 Å². The molecule has 2 aromatic rings. The highest BCUT2D eigenvalue weighted by Gasteiger charge is 2.44. The highest BCUT2D eigenvalue weighted by atomic mass is 16.7. The SMILES string of the molecule is NCc1nc(-c2ccc3c(c2)OC2(CCCC2)O3)no1. The van der Waals surface area contributed by atoms with Crippen molar-refractivity contribution in [2.75, 3.05) is 0 Å². The van der Waals surface area contributed by atoms with Crippen LogP contribution in [0.1, 0.15) is 31.6 Å². The van der Waals surface area contributed by atoms with E-state index in [1.54, 1.807) is 0 Å². The van der Waals surface area contributed by atoms with Crippen molar-refractivity contribution in [1.29, 1.82) is 0 Å². The Morgan fingerprint density at radius 2 is 1.95 bits per heavy atom. The fourth-order valence-corrected chi connectivity index (χ4v) is 2.81. The standard InChI is InChI=1S/C14H15N3O3/c15-8-12-16-13(17-20-12)9-3-4-10-11(7-9)19-14(18-10)5-1-2-6-14/h3-4,7H,1-2,5-6,8,15H2. The molecule has 0 bridgehead atoms. The first-order valence-electron chi connectivity index (χ1n) is 6.83. The van der Waals surface area contributed by atoms with Gasteiger partial charge < -0.3 is 19.7 Å². The van der Waals surface area contributed by atoms with Gasteiger partial charge in [-0.2, -0.15) is 4.98 Å². The van der Waals surface area contributed by atoms with Gasteiger partial charge >= 0.3 is 0 Å². The third-order valence-electron chi connectivity index (χ3n) is 3.80. The van der Waals surface area contributed by atoms with Gasteiger partial charge in [-0.1, -0.05) is 5.16 Å². The summed E-state index contributed by atoms with van der Waals surface area (Å²) in [6.45, 7) is 0.237. The fraction of sp³-hybridized carbons (Fsp3) is 0.429. The molecule has 1 aliphatic heterocycles. The van der Waals surface area contributed by atoms with Gasteiger partial charge in [0.25, 0.3) is 5.79 Å². The minimum atomic E-state index is -0.444. The predicted molar refractivity (Wildman–Crippen MR) is 70.1 cm³/mol. The summed E-state index contributed by atoms with van der Waals surface area (Å²) in [5.41, 5.74) is 6.31. The molecule has 1 aliphatic carbocycles. The number of nitrogens with two attached hydrogens (primary N) is 1. The number of fused-ring (bicyclic) bond motifs is 1. The Labute approximate surface area is 115 Å². The van der Waals surface area contributed by atoms with E-state index in [0.29, 0.717) is 11.7 Å². The van der Waals surface area contributed by atoms with E-state index >= 15 is 0 Å². The second-order valence-corrected chi connectivity index (χ2v) is 5.20. The van der Waals surface area contributed by atoms with Crippen molar-refractivity contribution in [3.05, 3.63) is 24.1 Å². The number of nitrogens with zero attached hydrogens (tertiary/aromatic N) is 2. The molecule has 6 heteroatoms. The van der Waals surface area contributed by atoms with Crippen molar-refractivity contribution in [3.63, 3.8) is 0 Å². The zero-order chi connectivity index (χ0) is 13.6. The summed E-state index contributed by atoms with van der Waals surface area (Å²) >= 11 is 0. The van der Waals surface area contributed by atoms with Crippen LogP contribution in [0.2, 0.25) is 0 Å². The maximum absolute atomic E-state index is 6.02. The van der Waals surface area contributed by atoms with Crippen LogP contribution in [0.3, 0.4) is 0 Å². The highest BCUT2D eigenvalue weighted by molar-refractivity contribution is 5.61. The van der Waals surface area contributed by atoms with Crippen LogP contribution in [0.15, 0.2) is 22.7 Å². The number of hydrogen-bond donors (Lipinski definition) is 1. The number of aromatic nitrogens is 2. The zero-order valence-corrected chi connectivity index (χ0v) is 11.0. The molecule has 0 radical (unpaired) electrons. The molecule has 1 spiro atoms. The Morgan fingerprint density at radius 1 is 1.15 bits per heavy atom. The Bertz CT molecular complexity index is 647. The first-order chi connectivity index (χ1) is 9.78. The summed E-state index contributed by atoms with van der Waals surface area (Å²) in [5, 5.41) is 3.91. The highest BCUT2D eigenvalue weighted by Crippen LogP contribution is 2.47. The lowest BCUT2D eigenvalue weighted by Gasteiger charge is -2.21. The van der Waals surface area contributed by atoms with E-state index in [9.17, 15) is 0 Å². The lowest BCUT2D eigenvalue weighted by molar-refractivity contribution is -0.0716. The van der Waals surface area contributed by atoms with Gasteiger partial charge in [-0.05, 0) is 31.0 Å². The van der Waals surface area contributed by atoms with Crippen LogP contribution in [0.25, 0.3) is 11.4 Å². The molecule has 1 aromatic heterocycles. The molecule has 2 N–H and O–H groups in total. The second-order valence-electron chi connectivity index (χ2n) is 5.20. The van der Waals surface area contributed by atoms with Gasteiger partial charge in [0.05, 0.1) is 6.54 Å². The lowest BCUT2D eigenvalue weighted by Crippen LogP contribution is -2.34. The molecular weight excluding hydrogens is 258 g/mol. The average Bonchev–Trinajstić information content (AvgIpc) is 3.17. The molecule has 1 aromatic carbocycles. The number of rotatable bonds is 2. The number of hydrogen-bond acceptors (Lipinski definition) is 6. The minimum absolute atomic E-state index is 0.237. The van der Waals surface area contributed by atoms with E-state index in [-0.39, 0.29) is 6.54 Å². The molecule has 104 valence electrons. The molecule has 2 aliphatic rings. The van der Waals surface area contributed by atoms with E-state index in [2.05, 4.69) is 10.1 Å². The molecule has 6 nitrogen and oxygen atoms in total. The van der Waals surface area contributed by atoms with Crippen LogP contribution in [0.4, 0.5) is 0 Å². The van der Waals surface area contributed by atoms with E-state index in [0.717, 1.165) is 42.7 Å². The summed E-state index contributed by atoms with van der Waals surface area (Å²) < 4.78 is 17.0. The monoisotopic (exact) mass is 273 g/mol. The quantitative estimate of drug-likeness (QED) is 0.903. The Balaban J connectivity index is 1.66. The number of benzene rings is 1. The molecule has 1 saturated carbocycles. The molecule has 0 unspecified atom stereocenters. The molecule has 0 saturated heterocycles. The summed E-state index contributed by atoms with van der Waals surface area (Å²) in [6, 6.07) is 5.70. The zero-order valence-electron chi connectivity index (χ0n) is 11.0. The lowest BCUT2D eigenvalue weighted by atomic mass is 10.2. The van der Waals surface area contributed by atoms with Crippen molar-refractivity contribution in [1.82, 2.24) is 10.1 Å². The van der Waals surface area contributed by atoms with Crippen LogP contribution >= 0.6 is 0 Å². The van der Waals surface area contributed by atoms with Gasteiger partial charge in [0.1, 0.15) is 0 Å². The van der Waals surface area contributed by atoms with Crippen LogP contribution < -0.4 is 15.2 Å². The molecular formula is C14H15N3O3. The third-order valence-corrected chi connectivity index (χ3v) is 3.80. The van der Waals surface area contributed by atoms with Gasteiger partial charge in [-0.15, -0.1) is 0 Å². The van der Waals surface area contributed by atoms with E-state index in [1.807, 2.05) is 18.2 Å². The molecule has 2 heterocycles. The Hall–Kier alpha value is -2.08. The van der Waals surface area contributed by atoms with Crippen molar-refractivity contribution in [2.24, 2.45) is 5.73 Å². The normalized spacial score (nSPS) is 18.9. The van der Waals surface area contributed by atoms with Gasteiger partial charge in [-0.25, -0.2) is 0 Å². The van der Waals surface area contributed by atoms with Gasteiger partial charge in [-0.3, -0.25) is 0 Å². The summed E-state index contributed by atoms with van der Waals surface area (Å²) in [6.07, 6.45) is 4.17. The Morgan fingerprint density at radius 3 is 2.70 bits per heavy atom. The first-order valence-corrected chi connectivity index (χ1v) is 6.83. The third kappa shape index (κ3) is 1.76. The van der Waals surface area contributed by atoms with Crippen molar-refractivity contribution < 1.29 is 14.0 Å². The van der Waals surface area contributed by atoms with Crippen LogP contribution in [-0.4, -0.2) is 15.9 Å². The van der Waals surface area contributed by atoms with Crippen molar-refractivity contribution >= 4 is 0 Å². The topological polar surface area (TPSA) is 83.4 Å². The van der Waals surface area contributed by atoms with E-state index < -0.39 is 5.79 Å². The molecule has 1 fully saturated rings. The summed E-state index contributed by atoms with van der Waals surface area (Å²) in [5.74, 6) is 2.04. The molecule has 0 amide bonds. The Kier molecular flexibility index (Phi) is 2.47. The van der Waals surface area contributed by atoms with Gasteiger partial charge in [0.2, 0.25) is 11.7 Å². The largest absolute Gasteiger partial charge is 0.448 e. The predicted octanol–water partition coefficient (Wildman–Crippen LogP) is 2.24. The van der Waals surface area contributed by atoms with E-state index in [4.69, 9.17) is 19.7 Å². The maximum Gasteiger partial charge on any atom is 0.251 e. The van der Waals surface area contributed by atoms with Crippen LogP contribution in [0.5, 0.6) is 11.5 Å². The van der Waals surface area contributed by atoms with Crippen LogP contribution in [-0.2, 0) is 6.54 Å². The second kappa shape index (κ2) is 4.21. The minimum Gasteiger partial charge on any atom is -0.448 e. The number of ether oxygens (including phenoxy) is 2. The fourth-order valence-electron chi connectivity index (χ4n) is 2.81.